The van der Waals surface area contributed by atoms with E-state index < -0.39 is 0 Å². The molecule has 0 aliphatic carbocycles. The predicted octanol–water partition coefficient (Wildman–Crippen LogP) is 2.99. The van der Waals surface area contributed by atoms with Crippen molar-refractivity contribution in [1.29, 1.82) is 0 Å². The highest BCUT2D eigenvalue weighted by atomic mass is 35.5. The summed E-state index contributed by atoms with van der Waals surface area (Å²) in [6.07, 6.45) is 0.989. The predicted molar refractivity (Wildman–Crippen MR) is 91.2 cm³/mol. The second-order valence-corrected chi connectivity index (χ2v) is 4.84. The second kappa shape index (κ2) is 10.1. The molecule has 1 aromatic carbocycles. The Bertz CT molecular complexity index is 413. The highest BCUT2D eigenvalue weighted by Gasteiger charge is 2.24. The van der Waals surface area contributed by atoms with Gasteiger partial charge in [0.1, 0.15) is 0 Å². The number of phenols is 1. The summed E-state index contributed by atoms with van der Waals surface area (Å²) in [5.41, 5.74) is 0.982. The van der Waals surface area contributed by atoms with E-state index in [4.69, 9.17) is 4.74 Å². The molecular weight excluding hydrogens is 311 g/mol. The van der Waals surface area contributed by atoms with Gasteiger partial charge in [-0.25, -0.2) is 0 Å². The molecule has 0 aromatic heterocycles. The van der Waals surface area contributed by atoms with Crippen LogP contribution in [0.15, 0.2) is 18.2 Å². The number of nitrogens with one attached hydrogen (secondary N) is 1. The van der Waals surface area contributed by atoms with Crippen LogP contribution in [-0.4, -0.2) is 42.8 Å². The van der Waals surface area contributed by atoms with Crippen LogP contribution in [0.25, 0.3) is 0 Å². The highest BCUT2D eigenvalue weighted by Crippen LogP contribution is 2.37. The minimum atomic E-state index is 0. The summed E-state index contributed by atoms with van der Waals surface area (Å²) in [6, 6.07) is 6.06. The number of phenolic OH excluding ortho intramolecular Hbond substituents is 1. The van der Waals surface area contributed by atoms with Crippen molar-refractivity contribution in [2.45, 2.75) is 26.3 Å². The molecule has 1 saturated heterocycles. The van der Waals surface area contributed by atoms with Gasteiger partial charge in [0, 0.05) is 37.8 Å². The Hall–Kier alpha value is -0.680. The zero-order valence-corrected chi connectivity index (χ0v) is 14.3. The third kappa shape index (κ3) is 4.92. The van der Waals surface area contributed by atoms with Gasteiger partial charge in [-0.05, 0) is 19.4 Å². The van der Waals surface area contributed by atoms with Crippen molar-refractivity contribution in [2.75, 3.05) is 32.8 Å². The summed E-state index contributed by atoms with van der Waals surface area (Å²) in [5.74, 6) is 0.892. The van der Waals surface area contributed by atoms with Gasteiger partial charge < -0.3 is 15.2 Å². The van der Waals surface area contributed by atoms with Gasteiger partial charge in [0.15, 0.2) is 11.5 Å². The van der Waals surface area contributed by atoms with E-state index in [-0.39, 0.29) is 30.9 Å². The zero-order valence-electron chi connectivity index (χ0n) is 12.7. The topological polar surface area (TPSA) is 44.7 Å². The van der Waals surface area contributed by atoms with Crippen molar-refractivity contribution in [3.05, 3.63) is 23.8 Å². The molecule has 1 aliphatic heterocycles. The molecule has 1 atom stereocenters. The highest BCUT2D eigenvalue weighted by molar-refractivity contribution is 5.85. The Morgan fingerprint density at radius 2 is 1.90 bits per heavy atom. The number of piperazine rings is 1. The Labute approximate surface area is 139 Å². The second-order valence-electron chi connectivity index (χ2n) is 4.84. The molecule has 0 unspecified atom stereocenters. The summed E-state index contributed by atoms with van der Waals surface area (Å²) in [4.78, 5) is 2.43. The first kappa shape index (κ1) is 20.3. The lowest BCUT2D eigenvalue weighted by Crippen LogP contribution is -2.45. The molecule has 1 heterocycles. The van der Waals surface area contributed by atoms with Gasteiger partial charge >= 0.3 is 0 Å². The van der Waals surface area contributed by atoms with Gasteiger partial charge in [0.05, 0.1) is 6.61 Å². The molecule has 6 heteroatoms. The van der Waals surface area contributed by atoms with Crippen LogP contribution in [-0.2, 0) is 0 Å². The number of hydrogen-bond acceptors (Lipinski definition) is 4. The molecule has 2 rings (SSSR count). The summed E-state index contributed by atoms with van der Waals surface area (Å²) >= 11 is 0. The van der Waals surface area contributed by atoms with Crippen LogP contribution in [0.5, 0.6) is 11.5 Å². The molecule has 1 fully saturated rings. The Morgan fingerprint density at radius 1 is 1.24 bits per heavy atom. The number of hydrogen-bond donors (Lipinski definition) is 2. The van der Waals surface area contributed by atoms with Crippen LogP contribution in [0, 0.1) is 0 Å². The average molecular weight is 337 g/mol. The monoisotopic (exact) mass is 336 g/mol. The number of halogens is 2. The number of benzene rings is 1. The van der Waals surface area contributed by atoms with Gasteiger partial charge in [-0.1, -0.05) is 19.1 Å². The summed E-state index contributed by atoms with van der Waals surface area (Å²) in [7, 11) is 0. The van der Waals surface area contributed by atoms with Crippen molar-refractivity contribution >= 4 is 24.8 Å². The fraction of sp³-hybridized carbons (Fsp3) is 0.600. The summed E-state index contributed by atoms with van der Waals surface area (Å²) in [6.45, 7) is 8.75. The molecular formula is C15H26Cl2N2O2. The van der Waals surface area contributed by atoms with E-state index >= 15 is 0 Å². The number of aromatic hydroxyl groups is 1. The molecule has 0 bridgehead atoms. The lowest BCUT2D eigenvalue weighted by Gasteiger charge is -2.35. The standard InChI is InChI=1S/C15H24N2O2.2ClH/c1-3-13(17-10-8-16-9-11-17)12-6-5-7-14(15(12)18)19-4-2;;/h5-7,13,16,18H,3-4,8-11H2,1-2H3;2*1H/t13-;;/m0../s1. The SMILES string of the molecule is CCOc1cccc([C@H](CC)N2CCNCC2)c1O.Cl.Cl. The normalized spacial score (nSPS) is 16.5. The molecule has 0 saturated carbocycles. The van der Waals surface area contributed by atoms with Gasteiger partial charge in [-0.2, -0.15) is 0 Å². The maximum Gasteiger partial charge on any atom is 0.162 e. The van der Waals surface area contributed by atoms with Gasteiger partial charge in [-0.3, -0.25) is 4.90 Å². The van der Waals surface area contributed by atoms with Crippen molar-refractivity contribution in [3.63, 3.8) is 0 Å². The Kier molecular flexibility index (Phi) is 9.79. The molecule has 1 aliphatic rings. The Balaban J connectivity index is 0.00000200. The van der Waals surface area contributed by atoms with E-state index in [1.165, 1.54) is 0 Å². The first-order valence-corrected chi connectivity index (χ1v) is 7.17. The van der Waals surface area contributed by atoms with Crippen LogP contribution in [0.2, 0.25) is 0 Å². The molecule has 0 radical (unpaired) electrons. The molecule has 1 aromatic rings. The number of nitrogens with zero attached hydrogens (tertiary/aromatic N) is 1. The van der Waals surface area contributed by atoms with E-state index in [9.17, 15) is 5.11 Å². The molecule has 0 amide bonds. The first-order valence-electron chi connectivity index (χ1n) is 7.17. The van der Waals surface area contributed by atoms with Crippen LogP contribution in [0.3, 0.4) is 0 Å². The summed E-state index contributed by atoms with van der Waals surface area (Å²) in [5, 5.41) is 13.7. The minimum Gasteiger partial charge on any atom is -0.504 e. The lowest BCUT2D eigenvalue weighted by molar-refractivity contribution is 0.166. The molecule has 21 heavy (non-hydrogen) atoms. The average Bonchev–Trinajstić information content (AvgIpc) is 2.45. The number of ether oxygens (including phenoxy) is 1. The maximum absolute atomic E-state index is 10.4. The lowest BCUT2D eigenvalue weighted by atomic mass is 10.0. The third-order valence-electron chi connectivity index (χ3n) is 3.67. The zero-order chi connectivity index (χ0) is 13.7. The van der Waals surface area contributed by atoms with Crippen molar-refractivity contribution < 1.29 is 9.84 Å². The fourth-order valence-corrected chi connectivity index (χ4v) is 2.75. The number of rotatable bonds is 5. The fourth-order valence-electron chi connectivity index (χ4n) is 2.75. The third-order valence-corrected chi connectivity index (χ3v) is 3.67. The van der Waals surface area contributed by atoms with Crippen LogP contribution < -0.4 is 10.1 Å². The van der Waals surface area contributed by atoms with E-state index in [1.54, 1.807) is 0 Å². The minimum absolute atomic E-state index is 0. The number of para-hydroxylation sites is 1. The smallest absolute Gasteiger partial charge is 0.162 e. The summed E-state index contributed by atoms with van der Waals surface area (Å²) < 4.78 is 5.48. The van der Waals surface area contributed by atoms with Crippen molar-refractivity contribution in [1.82, 2.24) is 10.2 Å². The van der Waals surface area contributed by atoms with Gasteiger partial charge in [0.2, 0.25) is 0 Å². The van der Waals surface area contributed by atoms with Crippen molar-refractivity contribution in [2.24, 2.45) is 0 Å². The quantitative estimate of drug-likeness (QED) is 0.867. The van der Waals surface area contributed by atoms with Gasteiger partial charge in [-0.15, -0.1) is 24.8 Å². The largest absolute Gasteiger partial charge is 0.504 e. The molecule has 4 nitrogen and oxygen atoms in total. The van der Waals surface area contributed by atoms with E-state index in [2.05, 4.69) is 17.1 Å². The van der Waals surface area contributed by atoms with Crippen LogP contribution in [0.1, 0.15) is 31.9 Å². The van der Waals surface area contributed by atoms with Crippen molar-refractivity contribution in [3.8, 4) is 11.5 Å². The Morgan fingerprint density at radius 3 is 2.48 bits per heavy atom. The first-order chi connectivity index (χ1) is 9.27. The molecule has 0 spiro atoms. The van der Waals surface area contributed by atoms with Gasteiger partial charge in [0.25, 0.3) is 0 Å². The van der Waals surface area contributed by atoms with E-state index in [0.717, 1.165) is 38.2 Å². The van der Waals surface area contributed by atoms with Crippen LogP contribution in [0.4, 0.5) is 0 Å². The van der Waals surface area contributed by atoms with E-state index in [1.807, 2.05) is 25.1 Å². The molecule has 2 N–H and O–H groups in total. The maximum atomic E-state index is 10.4. The van der Waals surface area contributed by atoms with Crippen LogP contribution >= 0.6 is 24.8 Å². The van der Waals surface area contributed by atoms with E-state index in [0.29, 0.717) is 18.1 Å². The molecule has 122 valence electrons.